The number of aromatic nitrogens is 1. The topological polar surface area (TPSA) is 74.7 Å². The van der Waals surface area contributed by atoms with Gasteiger partial charge in [0.25, 0.3) is 0 Å². The molecule has 5 heteroatoms. The molecule has 3 N–H and O–H groups in total. The van der Waals surface area contributed by atoms with Gasteiger partial charge < -0.3 is 15.8 Å². The van der Waals surface area contributed by atoms with Crippen LogP contribution in [0.4, 0.5) is 5.69 Å². The number of hydrogen-bond donors (Lipinski definition) is 2. The van der Waals surface area contributed by atoms with E-state index in [2.05, 4.69) is 22.1 Å². The van der Waals surface area contributed by atoms with Gasteiger partial charge in [0.1, 0.15) is 5.69 Å². The predicted molar refractivity (Wildman–Crippen MR) is 67.4 cm³/mol. The highest BCUT2D eigenvalue weighted by Gasteiger charge is 2.20. The first kappa shape index (κ1) is 11.7. The first-order chi connectivity index (χ1) is 8.22. The molecule has 0 aliphatic heterocycles. The maximum absolute atomic E-state index is 8.64. The highest BCUT2D eigenvalue weighted by Crippen LogP contribution is 2.26. The van der Waals surface area contributed by atoms with Crippen molar-refractivity contribution in [3.05, 3.63) is 24.0 Å². The van der Waals surface area contributed by atoms with Crippen LogP contribution in [0.25, 0.3) is 0 Å². The number of amidine groups is 1. The van der Waals surface area contributed by atoms with E-state index in [4.69, 9.17) is 10.9 Å². The number of hydrogen-bond acceptors (Lipinski definition) is 4. The van der Waals surface area contributed by atoms with Crippen molar-refractivity contribution in [2.24, 2.45) is 10.9 Å². The largest absolute Gasteiger partial charge is 0.409 e. The second-order valence-corrected chi connectivity index (χ2v) is 4.43. The molecule has 1 aliphatic rings. The van der Waals surface area contributed by atoms with E-state index in [-0.39, 0.29) is 5.84 Å². The summed E-state index contributed by atoms with van der Waals surface area (Å²) >= 11 is 0. The lowest BCUT2D eigenvalue weighted by Gasteiger charge is -2.26. The smallest absolute Gasteiger partial charge is 0.188 e. The fraction of sp³-hybridized carbons (Fsp3) is 0.500. The summed E-state index contributed by atoms with van der Waals surface area (Å²) < 4.78 is 0. The monoisotopic (exact) mass is 234 g/mol. The van der Waals surface area contributed by atoms with Crippen LogP contribution < -0.4 is 10.6 Å². The average molecular weight is 234 g/mol. The zero-order chi connectivity index (χ0) is 12.3. The van der Waals surface area contributed by atoms with Gasteiger partial charge in [0.15, 0.2) is 5.84 Å². The van der Waals surface area contributed by atoms with Crippen molar-refractivity contribution in [2.45, 2.75) is 31.7 Å². The van der Waals surface area contributed by atoms with E-state index < -0.39 is 0 Å². The van der Waals surface area contributed by atoms with E-state index in [9.17, 15) is 0 Å². The van der Waals surface area contributed by atoms with Gasteiger partial charge in [-0.1, -0.05) is 18.0 Å². The van der Waals surface area contributed by atoms with Crippen molar-refractivity contribution in [3.8, 4) is 0 Å². The van der Waals surface area contributed by atoms with Crippen molar-refractivity contribution < 1.29 is 5.21 Å². The van der Waals surface area contributed by atoms with Gasteiger partial charge in [0, 0.05) is 25.0 Å². The van der Waals surface area contributed by atoms with E-state index in [0.29, 0.717) is 11.7 Å². The maximum Gasteiger partial charge on any atom is 0.188 e. The van der Waals surface area contributed by atoms with Crippen LogP contribution in [0.3, 0.4) is 0 Å². The zero-order valence-corrected chi connectivity index (χ0v) is 10.0. The lowest BCUT2D eigenvalue weighted by molar-refractivity contribution is 0.318. The molecule has 0 atom stereocenters. The fourth-order valence-electron chi connectivity index (χ4n) is 2.33. The summed E-state index contributed by atoms with van der Waals surface area (Å²) in [6.45, 7) is 0. The van der Waals surface area contributed by atoms with Gasteiger partial charge in [0.05, 0.1) is 0 Å². The number of oxime groups is 1. The van der Waals surface area contributed by atoms with Crippen molar-refractivity contribution in [1.29, 1.82) is 0 Å². The molecule has 5 nitrogen and oxygen atoms in total. The summed E-state index contributed by atoms with van der Waals surface area (Å²) in [5.41, 5.74) is 7.11. The quantitative estimate of drug-likeness (QED) is 0.360. The molecule has 2 rings (SSSR count). The van der Waals surface area contributed by atoms with Crippen LogP contribution in [0.2, 0.25) is 0 Å². The minimum atomic E-state index is 0.0478. The molecular formula is C12H18N4O. The van der Waals surface area contributed by atoms with Crippen LogP contribution in [0.1, 0.15) is 31.4 Å². The van der Waals surface area contributed by atoms with Crippen LogP contribution in [0, 0.1) is 0 Å². The molecule has 0 aromatic carbocycles. The molecule has 0 radical (unpaired) electrons. The van der Waals surface area contributed by atoms with Crippen molar-refractivity contribution in [2.75, 3.05) is 11.9 Å². The molecule has 1 fully saturated rings. The molecule has 1 saturated carbocycles. The standard InChI is InChI=1S/C12H18N4O/c1-16(9-4-2-3-5-9)10-6-7-14-11(8-10)12(13)15-17/h6-9,17H,2-5H2,1H3,(H2,13,15). The van der Waals surface area contributed by atoms with Crippen molar-refractivity contribution in [1.82, 2.24) is 4.98 Å². The summed E-state index contributed by atoms with van der Waals surface area (Å²) in [5, 5.41) is 11.6. The van der Waals surface area contributed by atoms with Gasteiger partial charge in [-0.25, -0.2) is 0 Å². The average Bonchev–Trinajstić information content (AvgIpc) is 2.91. The Balaban J connectivity index is 2.20. The third-order valence-electron chi connectivity index (χ3n) is 3.39. The fourth-order valence-corrected chi connectivity index (χ4v) is 2.33. The molecule has 92 valence electrons. The summed E-state index contributed by atoms with van der Waals surface area (Å²) in [5.74, 6) is 0.0478. The predicted octanol–water partition coefficient (Wildman–Crippen LogP) is 1.55. The van der Waals surface area contributed by atoms with Crippen molar-refractivity contribution >= 4 is 11.5 Å². The molecule has 0 spiro atoms. The normalized spacial score (nSPS) is 17.4. The lowest BCUT2D eigenvalue weighted by Crippen LogP contribution is -2.29. The Morgan fingerprint density at radius 3 is 2.88 bits per heavy atom. The van der Waals surface area contributed by atoms with E-state index >= 15 is 0 Å². The molecule has 1 aromatic heterocycles. The SMILES string of the molecule is CN(c1ccnc(C(N)=NO)c1)C1CCCC1. The first-order valence-electron chi connectivity index (χ1n) is 5.89. The maximum atomic E-state index is 8.64. The number of rotatable bonds is 3. The Labute approximate surface area is 101 Å². The molecule has 1 aliphatic carbocycles. The molecule has 0 bridgehead atoms. The second-order valence-electron chi connectivity index (χ2n) is 4.43. The number of nitrogens with two attached hydrogens (primary N) is 1. The highest BCUT2D eigenvalue weighted by atomic mass is 16.4. The van der Waals surface area contributed by atoms with Crippen LogP contribution in [-0.2, 0) is 0 Å². The van der Waals surface area contributed by atoms with Crippen molar-refractivity contribution in [3.63, 3.8) is 0 Å². The minimum Gasteiger partial charge on any atom is -0.409 e. The molecule has 0 amide bonds. The molecule has 0 saturated heterocycles. The lowest BCUT2D eigenvalue weighted by atomic mass is 10.2. The summed E-state index contributed by atoms with van der Waals surface area (Å²) in [4.78, 5) is 6.33. The van der Waals surface area contributed by atoms with Crippen LogP contribution in [0.15, 0.2) is 23.5 Å². The minimum absolute atomic E-state index is 0.0478. The Bertz CT molecular complexity index is 413. The number of nitrogens with zero attached hydrogens (tertiary/aromatic N) is 3. The Morgan fingerprint density at radius 1 is 1.53 bits per heavy atom. The van der Waals surface area contributed by atoms with E-state index in [1.807, 2.05) is 12.1 Å². The van der Waals surface area contributed by atoms with Crippen LogP contribution in [0.5, 0.6) is 0 Å². The first-order valence-corrected chi connectivity index (χ1v) is 5.89. The van der Waals surface area contributed by atoms with Gasteiger partial charge in [-0.2, -0.15) is 0 Å². The van der Waals surface area contributed by atoms with Gasteiger partial charge in [-0.05, 0) is 25.0 Å². The van der Waals surface area contributed by atoms with Crippen LogP contribution >= 0.6 is 0 Å². The van der Waals surface area contributed by atoms with Gasteiger partial charge >= 0.3 is 0 Å². The second kappa shape index (κ2) is 5.03. The molecule has 1 heterocycles. The summed E-state index contributed by atoms with van der Waals surface area (Å²) in [6, 6.07) is 4.40. The molecule has 1 aromatic rings. The van der Waals surface area contributed by atoms with E-state index in [1.54, 1.807) is 6.20 Å². The zero-order valence-electron chi connectivity index (χ0n) is 10.0. The van der Waals surface area contributed by atoms with Gasteiger partial charge in [-0.15, -0.1) is 0 Å². The summed E-state index contributed by atoms with van der Waals surface area (Å²) in [7, 11) is 2.08. The molecule has 0 unspecified atom stereocenters. The van der Waals surface area contributed by atoms with E-state index in [0.717, 1.165) is 5.69 Å². The Morgan fingerprint density at radius 2 is 2.24 bits per heavy atom. The summed E-state index contributed by atoms with van der Waals surface area (Å²) in [6.07, 6.45) is 6.75. The number of anilines is 1. The van der Waals surface area contributed by atoms with E-state index in [1.165, 1.54) is 25.7 Å². The highest BCUT2D eigenvalue weighted by molar-refractivity contribution is 5.95. The molecule has 17 heavy (non-hydrogen) atoms. The molecular weight excluding hydrogens is 216 g/mol. The van der Waals surface area contributed by atoms with Gasteiger partial charge in [-0.3, -0.25) is 4.98 Å². The Hall–Kier alpha value is -1.78. The van der Waals surface area contributed by atoms with Gasteiger partial charge in [0.2, 0.25) is 0 Å². The third-order valence-corrected chi connectivity index (χ3v) is 3.39. The Kier molecular flexibility index (Phi) is 3.46. The third kappa shape index (κ3) is 2.49. The number of pyridine rings is 1. The van der Waals surface area contributed by atoms with Crippen LogP contribution in [-0.4, -0.2) is 29.1 Å².